The molecule has 0 aliphatic carbocycles. The maximum Gasteiger partial charge on any atom is 0.329 e. The highest BCUT2D eigenvalue weighted by Gasteiger charge is 2.36. The molecule has 0 bridgehead atoms. The second-order valence-corrected chi connectivity index (χ2v) is 10.2. The summed E-state index contributed by atoms with van der Waals surface area (Å²) < 4.78 is 0.932. The highest BCUT2D eigenvalue weighted by atomic mass is 16.4. The number of rotatable bonds is 9. The number of H-pyrrole nitrogens is 1. The van der Waals surface area contributed by atoms with Crippen molar-refractivity contribution >= 4 is 28.7 Å². The Balaban J connectivity index is 1.68. The number of carbonyl (C=O) groups is 3. The van der Waals surface area contributed by atoms with E-state index in [9.17, 15) is 29.1 Å². The molecule has 2 amide bonds. The number of aromatic amines is 1. The van der Waals surface area contributed by atoms with Crippen LogP contribution in [0.1, 0.15) is 44.7 Å². The van der Waals surface area contributed by atoms with Crippen LogP contribution in [-0.2, 0) is 20.8 Å². The van der Waals surface area contributed by atoms with Crippen LogP contribution in [0.3, 0.4) is 0 Å². The summed E-state index contributed by atoms with van der Waals surface area (Å²) in [6, 6.07) is 13.6. The van der Waals surface area contributed by atoms with Crippen molar-refractivity contribution in [3.8, 4) is 0 Å². The van der Waals surface area contributed by atoms with E-state index in [4.69, 9.17) is 0 Å². The number of carboxylic acids is 1. The average molecular weight is 535 g/mol. The summed E-state index contributed by atoms with van der Waals surface area (Å²) in [5.74, 6) is -2.50. The minimum Gasteiger partial charge on any atom is -0.481 e. The zero-order valence-corrected chi connectivity index (χ0v) is 22.1. The number of fused-ring (bicyclic) bond motifs is 1. The summed E-state index contributed by atoms with van der Waals surface area (Å²) in [7, 11) is 0. The molecule has 1 aromatic heterocycles. The van der Waals surface area contributed by atoms with Gasteiger partial charge in [-0.15, -0.1) is 0 Å². The number of aromatic nitrogens is 2. The fourth-order valence-electron chi connectivity index (χ4n) is 5.07. The third-order valence-electron chi connectivity index (χ3n) is 7.66. The van der Waals surface area contributed by atoms with Crippen molar-refractivity contribution in [1.82, 2.24) is 19.8 Å². The fraction of sp³-hybridized carbons (Fsp3) is 0.414. The van der Waals surface area contributed by atoms with Gasteiger partial charge >= 0.3 is 11.7 Å². The topological polar surface area (TPSA) is 142 Å². The normalized spacial score (nSPS) is 16.4. The van der Waals surface area contributed by atoms with Crippen LogP contribution in [0.4, 0.5) is 0 Å². The average Bonchev–Trinajstić information content (AvgIpc) is 2.95. The van der Waals surface area contributed by atoms with Crippen molar-refractivity contribution in [2.45, 2.75) is 51.6 Å². The van der Waals surface area contributed by atoms with Crippen LogP contribution in [0.25, 0.3) is 10.9 Å². The van der Waals surface area contributed by atoms with E-state index in [0.717, 1.165) is 10.1 Å². The Bertz CT molecular complexity index is 1460. The number of benzene rings is 2. The van der Waals surface area contributed by atoms with Crippen LogP contribution in [0.2, 0.25) is 0 Å². The van der Waals surface area contributed by atoms with Crippen molar-refractivity contribution in [2.75, 3.05) is 13.1 Å². The Morgan fingerprint density at radius 2 is 1.67 bits per heavy atom. The van der Waals surface area contributed by atoms with Gasteiger partial charge in [0.2, 0.25) is 11.8 Å². The smallest absolute Gasteiger partial charge is 0.329 e. The van der Waals surface area contributed by atoms with E-state index >= 15 is 0 Å². The predicted octanol–water partition coefficient (Wildman–Crippen LogP) is 2.33. The number of hydrogen-bond donors (Lipinski definition) is 3. The second kappa shape index (κ2) is 12.1. The summed E-state index contributed by atoms with van der Waals surface area (Å²) in [6.07, 6.45) is 1.36. The van der Waals surface area contributed by atoms with E-state index in [2.05, 4.69) is 10.3 Å². The van der Waals surface area contributed by atoms with Gasteiger partial charge in [0.15, 0.2) is 0 Å². The lowest BCUT2D eigenvalue weighted by atomic mass is 9.93. The van der Waals surface area contributed by atoms with Crippen LogP contribution in [0, 0.1) is 11.8 Å². The van der Waals surface area contributed by atoms with Gasteiger partial charge in [0.05, 0.1) is 16.8 Å². The van der Waals surface area contributed by atoms with E-state index in [1.165, 1.54) is 0 Å². The Kier molecular flexibility index (Phi) is 8.63. The summed E-state index contributed by atoms with van der Waals surface area (Å²) in [5.41, 5.74) is -0.177. The van der Waals surface area contributed by atoms with E-state index in [1.807, 2.05) is 44.2 Å². The van der Waals surface area contributed by atoms with Gasteiger partial charge < -0.3 is 20.3 Å². The SMILES string of the molecule is CC[C@H](C)[C@H](NC(=O)[C@H](Cc1ccccc1)n1c(=O)[nH]c2ccccc2c1=O)C(=O)N1CCC(C(=O)O)CC1. The second-order valence-electron chi connectivity index (χ2n) is 10.2. The van der Waals surface area contributed by atoms with Gasteiger partial charge in [-0.2, -0.15) is 0 Å². The van der Waals surface area contributed by atoms with Crippen LogP contribution in [-0.4, -0.2) is 56.5 Å². The number of piperidine rings is 1. The number of amides is 2. The zero-order valence-electron chi connectivity index (χ0n) is 22.1. The van der Waals surface area contributed by atoms with Crippen LogP contribution in [0.15, 0.2) is 64.2 Å². The number of hydrogen-bond acceptors (Lipinski definition) is 5. The Morgan fingerprint density at radius 1 is 1.03 bits per heavy atom. The first-order valence-electron chi connectivity index (χ1n) is 13.3. The lowest BCUT2D eigenvalue weighted by molar-refractivity contribution is -0.147. The van der Waals surface area contributed by atoms with Crippen molar-refractivity contribution < 1.29 is 19.5 Å². The first kappa shape index (κ1) is 27.8. The molecule has 1 saturated heterocycles. The summed E-state index contributed by atoms with van der Waals surface area (Å²) in [4.78, 5) is 69.7. The van der Waals surface area contributed by atoms with Gasteiger partial charge in [0.1, 0.15) is 12.1 Å². The summed E-state index contributed by atoms with van der Waals surface area (Å²) in [5, 5.41) is 12.4. The highest BCUT2D eigenvalue weighted by molar-refractivity contribution is 5.90. The van der Waals surface area contributed by atoms with Crippen molar-refractivity contribution in [3.63, 3.8) is 0 Å². The van der Waals surface area contributed by atoms with Crippen molar-refractivity contribution in [1.29, 1.82) is 0 Å². The standard InChI is InChI=1S/C29H34N4O6/c1-3-18(2)24(27(36)32-15-13-20(14-16-32)28(37)38)31-25(34)23(17-19-9-5-4-6-10-19)33-26(35)21-11-7-8-12-22(21)30-29(33)39/h4-12,18,20,23-24H,3,13-17H2,1-2H3,(H,30,39)(H,31,34)(H,37,38)/t18-,23-,24-/m0/s1. The molecule has 2 aromatic carbocycles. The van der Waals surface area contributed by atoms with Gasteiger partial charge in [-0.25, -0.2) is 9.36 Å². The minimum absolute atomic E-state index is 0.0689. The van der Waals surface area contributed by atoms with E-state index in [-0.39, 0.29) is 36.7 Å². The molecule has 10 heteroatoms. The van der Waals surface area contributed by atoms with Crippen molar-refractivity contribution in [3.05, 3.63) is 81.0 Å². The van der Waals surface area contributed by atoms with Crippen LogP contribution >= 0.6 is 0 Å². The molecule has 0 unspecified atom stereocenters. The number of nitrogens with one attached hydrogen (secondary N) is 2. The molecular weight excluding hydrogens is 500 g/mol. The number of nitrogens with zero attached hydrogens (tertiary/aromatic N) is 2. The molecule has 1 fully saturated rings. The van der Waals surface area contributed by atoms with Gasteiger partial charge in [-0.05, 0) is 36.5 Å². The first-order valence-corrected chi connectivity index (χ1v) is 13.3. The molecule has 2 heterocycles. The lowest BCUT2D eigenvalue weighted by Gasteiger charge is -2.35. The molecule has 3 aromatic rings. The Hall–Kier alpha value is -4.21. The number of carboxylic acid groups (broad SMARTS) is 1. The monoisotopic (exact) mass is 534 g/mol. The van der Waals surface area contributed by atoms with Crippen molar-refractivity contribution in [2.24, 2.45) is 11.8 Å². The lowest BCUT2D eigenvalue weighted by Crippen LogP contribution is -2.56. The Morgan fingerprint density at radius 3 is 2.31 bits per heavy atom. The van der Waals surface area contributed by atoms with E-state index in [0.29, 0.717) is 24.8 Å². The maximum absolute atomic E-state index is 13.9. The van der Waals surface area contributed by atoms with Gasteiger partial charge in [0, 0.05) is 19.5 Å². The number of aliphatic carboxylic acids is 1. The molecule has 0 spiro atoms. The molecule has 39 heavy (non-hydrogen) atoms. The fourth-order valence-corrected chi connectivity index (χ4v) is 5.07. The molecule has 0 saturated carbocycles. The third kappa shape index (κ3) is 6.10. The predicted molar refractivity (Wildman–Crippen MR) is 146 cm³/mol. The first-order chi connectivity index (χ1) is 18.7. The largest absolute Gasteiger partial charge is 0.481 e. The molecular formula is C29H34N4O6. The zero-order chi connectivity index (χ0) is 28.1. The summed E-state index contributed by atoms with van der Waals surface area (Å²) in [6.45, 7) is 4.34. The molecule has 0 radical (unpaired) electrons. The summed E-state index contributed by atoms with van der Waals surface area (Å²) >= 11 is 0. The quantitative estimate of drug-likeness (QED) is 0.385. The van der Waals surface area contributed by atoms with Crippen LogP contribution in [0.5, 0.6) is 0 Å². The number of likely N-dealkylation sites (tertiary alicyclic amines) is 1. The van der Waals surface area contributed by atoms with E-state index in [1.54, 1.807) is 29.2 Å². The van der Waals surface area contributed by atoms with E-state index < -0.39 is 41.1 Å². The minimum atomic E-state index is -1.20. The molecule has 1 aliphatic rings. The number of para-hydroxylation sites is 1. The molecule has 10 nitrogen and oxygen atoms in total. The molecule has 3 N–H and O–H groups in total. The van der Waals surface area contributed by atoms with Crippen LogP contribution < -0.4 is 16.6 Å². The van der Waals surface area contributed by atoms with Gasteiger partial charge in [0.25, 0.3) is 5.56 Å². The maximum atomic E-state index is 13.9. The van der Waals surface area contributed by atoms with Gasteiger partial charge in [-0.3, -0.25) is 19.2 Å². The number of carbonyl (C=O) groups excluding carboxylic acids is 2. The third-order valence-corrected chi connectivity index (χ3v) is 7.66. The van der Waals surface area contributed by atoms with Gasteiger partial charge in [-0.1, -0.05) is 62.7 Å². The molecule has 1 aliphatic heterocycles. The molecule has 4 rings (SSSR count). The molecule has 206 valence electrons. The highest BCUT2D eigenvalue weighted by Crippen LogP contribution is 2.21. The Labute approximate surface area is 225 Å². The molecule has 3 atom stereocenters.